The van der Waals surface area contributed by atoms with Gasteiger partial charge in [-0.25, -0.2) is 0 Å². The lowest BCUT2D eigenvalue weighted by atomic mass is 9.75. The molecule has 1 heterocycles. The molecule has 3 N–H and O–H groups in total. The molecule has 1 amide bonds. The number of hydrogen-bond acceptors (Lipinski definition) is 3. The number of rotatable bonds is 3. The highest BCUT2D eigenvalue weighted by Crippen LogP contribution is 2.35. The summed E-state index contributed by atoms with van der Waals surface area (Å²) in [5, 5.41) is 3.16. The maximum absolute atomic E-state index is 12.1. The SMILES string of the molecule is CC1(C)CCCC(NC(=O)C2CCC(CN)O2)C1. The van der Waals surface area contributed by atoms with E-state index in [1.807, 2.05) is 0 Å². The molecule has 1 aliphatic heterocycles. The van der Waals surface area contributed by atoms with Gasteiger partial charge in [0.15, 0.2) is 0 Å². The van der Waals surface area contributed by atoms with Crippen LogP contribution in [0.15, 0.2) is 0 Å². The summed E-state index contributed by atoms with van der Waals surface area (Å²) in [6.45, 7) is 5.07. The third-order valence-electron chi connectivity index (χ3n) is 4.21. The number of ether oxygens (including phenoxy) is 1. The Kier molecular flexibility index (Phi) is 4.28. The van der Waals surface area contributed by atoms with Crippen molar-refractivity contribution in [3.8, 4) is 0 Å². The van der Waals surface area contributed by atoms with Gasteiger partial charge in [0.05, 0.1) is 6.10 Å². The maximum Gasteiger partial charge on any atom is 0.249 e. The van der Waals surface area contributed by atoms with Crippen molar-refractivity contribution in [2.45, 2.75) is 70.6 Å². The van der Waals surface area contributed by atoms with Crippen molar-refractivity contribution in [1.29, 1.82) is 0 Å². The summed E-state index contributed by atoms with van der Waals surface area (Å²) < 4.78 is 5.63. The smallest absolute Gasteiger partial charge is 0.249 e. The fourth-order valence-corrected chi connectivity index (χ4v) is 3.19. The fraction of sp³-hybridized carbons (Fsp3) is 0.929. The summed E-state index contributed by atoms with van der Waals surface area (Å²) in [4.78, 5) is 12.1. The van der Waals surface area contributed by atoms with Crippen LogP contribution < -0.4 is 11.1 Å². The van der Waals surface area contributed by atoms with Gasteiger partial charge in [0.25, 0.3) is 0 Å². The summed E-state index contributed by atoms with van der Waals surface area (Å²) in [5.41, 5.74) is 5.91. The molecule has 0 aromatic carbocycles. The monoisotopic (exact) mass is 254 g/mol. The Labute approximate surface area is 110 Å². The molecule has 1 aliphatic carbocycles. The lowest BCUT2D eigenvalue weighted by molar-refractivity contribution is -0.133. The Hall–Kier alpha value is -0.610. The van der Waals surface area contributed by atoms with Crippen LogP contribution in [-0.2, 0) is 9.53 Å². The van der Waals surface area contributed by atoms with Crippen LogP contribution in [-0.4, -0.2) is 30.7 Å². The fourth-order valence-electron chi connectivity index (χ4n) is 3.19. The predicted octanol–water partition coefficient (Wildman–Crippen LogP) is 1.58. The van der Waals surface area contributed by atoms with E-state index in [0.717, 1.165) is 25.7 Å². The minimum atomic E-state index is -0.274. The van der Waals surface area contributed by atoms with Gasteiger partial charge in [-0.2, -0.15) is 0 Å². The molecule has 104 valence electrons. The van der Waals surface area contributed by atoms with Gasteiger partial charge in [-0.05, 0) is 37.5 Å². The zero-order chi connectivity index (χ0) is 13.2. The Balaban J connectivity index is 1.81. The van der Waals surface area contributed by atoms with Gasteiger partial charge in [0, 0.05) is 12.6 Å². The molecular weight excluding hydrogens is 228 g/mol. The summed E-state index contributed by atoms with van der Waals surface area (Å²) in [5.74, 6) is 0.0636. The van der Waals surface area contributed by atoms with Crippen LogP contribution in [0.3, 0.4) is 0 Å². The first kappa shape index (κ1) is 13.8. The molecule has 3 unspecified atom stereocenters. The molecule has 0 radical (unpaired) electrons. The summed E-state index contributed by atoms with van der Waals surface area (Å²) in [6.07, 6.45) is 6.15. The molecule has 0 aromatic rings. The van der Waals surface area contributed by atoms with Gasteiger partial charge in [0.1, 0.15) is 6.10 Å². The predicted molar refractivity (Wildman–Crippen MR) is 71.1 cm³/mol. The highest BCUT2D eigenvalue weighted by Gasteiger charge is 2.33. The molecule has 0 aromatic heterocycles. The van der Waals surface area contributed by atoms with Crippen molar-refractivity contribution in [2.75, 3.05) is 6.54 Å². The van der Waals surface area contributed by atoms with Gasteiger partial charge >= 0.3 is 0 Å². The molecule has 2 aliphatic rings. The van der Waals surface area contributed by atoms with E-state index < -0.39 is 0 Å². The number of carbonyl (C=O) groups is 1. The zero-order valence-corrected chi connectivity index (χ0v) is 11.6. The van der Waals surface area contributed by atoms with Gasteiger partial charge in [-0.3, -0.25) is 4.79 Å². The van der Waals surface area contributed by atoms with Crippen LogP contribution >= 0.6 is 0 Å². The van der Waals surface area contributed by atoms with Crippen LogP contribution in [0.1, 0.15) is 52.4 Å². The topological polar surface area (TPSA) is 64.4 Å². The van der Waals surface area contributed by atoms with Gasteiger partial charge in [0.2, 0.25) is 5.91 Å². The summed E-state index contributed by atoms with van der Waals surface area (Å²) in [7, 11) is 0. The summed E-state index contributed by atoms with van der Waals surface area (Å²) >= 11 is 0. The van der Waals surface area contributed by atoms with Crippen molar-refractivity contribution in [2.24, 2.45) is 11.1 Å². The van der Waals surface area contributed by atoms with E-state index in [1.165, 1.54) is 12.8 Å². The molecule has 0 bridgehead atoms. The normalized spacial score (nSPS) is 35.4. The first-order valence-electron chi connectivity index (χ1n) is 7.16. The largest absolute Gasteiger partial charge is 0.364 e. The van der Waals surface area contributed by atoms with Gasteiger partial charge in [-0.15, -0.1) is 0 Å². The lowest BCUT2D eigenvalue weighted by Gasteiger charge is -2.35. The molecular formula is C14H26N2O2. The summed E-state index contributed by atoms with van der Waals surface area (Å²) in [6, 6.07) is 0.321. The molecule has 1 saturated carbocycles. The second-order valence-corrected chi connectivity index (χ2v) is 6.53. The molecule has 18 heavy (non-hydrogen) atoms. The molecule has 4 nitrogen and oxygen atoms in total. The van der Waals surface area contributed by atoms with Crippen molar-refractivity contribution >= 4 is 5.91 Å². The van der Waals surface area contributed by atoms with Gasteiger partial charge in [-0.1, -0.05) is 20.3 Å². The van der Waals surface area contributed by atoms with E-state index in [1.54, 1.807) is 0 Å². The third-order valence-corrected chi connectivity index (χ3v) is 4.21. The Bertz CT molecular complexity index is 304. The van der Waals surface area contributed by atoms with Crippen molar-refractivity contribution < 1.29 is 9.53 Å². The van der Waals surface area contributed by atoms with E-state index in [9.17, 15) is 4.79 Å². The minimum absolute atomic E-state index is 0.0636. The average molecular weight is 254 g/mol. The number of nitrogens with two attached hydrogens (primary N) is 1. The zero-order valence-electron chi connectivity index (χ0n) is 11.6. The number of amides is 1. The molecule has 2 fully saturated rings. The molecule has 2 rings (SSSR count). The minimum Gasteiger partial charge on any atom is -0.364 e. The average Bonchev–Trinajstić information content (AvgIpc) is 2.76. The molecule has 0 spiro atoms. The number of nitrogens with one attached hydrogen (secondary N) is 1. The van der Waals surface area contributed by atoms with Crippen LogP contribution in [0.2, 0.25) is 0 Å². The molecule has 3 atom stereocenters. The van der Waals surface area contributed by atoms with Crippen LogP contribution in [0.4, 0.5) is 0 Å². The Morgan fingerprint density at radius 1 is 1.39 bits per heavy atom. The standard InChI is InChI=1S/C14H26N2O2/c1-14(2)7-3-4-10(8-14)16-13(17)12-6-5-11(9-15)18-12/h10-12H,3-9,15H2,1-2H3,(H,16,17). The maximum atomic E-state index is 12.1. The number of hydrogen-bond donors (Lipinski definition) is 2. The first-order chi connectivity index (χ1) is 8.50. The van der Waals surface area contributed by atoms with E-state index in [2.05, 4.69) is 19.2 Å². The first-order valence-corrected chi connectivity index (χ1v) is 7.16. The molecule has 1 saturated heterocycles. The number of carbonyl (C=O) groups excluding carboxylic acids is 1. The van der Waals surface area contributed by atoms with Crippen LogP contribution in [0.5, 0.6) is 0 Å². The highest BCUT2D eigenvalue weighted by atomic mass is 16.5. The van der Waals surface area contributed by atoms with Crippen molar-refractivity contribution in [3.63, 3.8) is 0 Å². The Morgan fingerprint density at radius 2 is 2.17 bits per heavy atom. The Morgan fingerprint density at radius 3 is 2.78 bits per heavy atom. The van der Waals surface area contributed by atoms with E-state index in [4.69, 9.17) is 10.5 Å². The van der Waals surface area contributed by atoms with E-state index in [0.29, 0.717) is 18.0 Å². The second-order valence-electron chi connectivity index (χ2n) is 6.53. The van der Waals surface area contributed by atoms with Crippen molar-refractivity contribution in [3.05, 3.63) is 0 Å². The van der Waals surface area contributed by atoms with Crippen LogP contribution in [0, 0.1) is 5.41 Å². The second kappa shape index (κ2) is 5.57. The van der Waals surface area contributed by atoms with Crippen molar-refractivity contribution in [1.82, 2.24) is 5.32 Å². The lowest BCUT2D eigenvalue weighted by Crippen LogP contribution is -2.45. The molecule has 4 heteroatoms. The third kappa shape index (κ3) is 3.45. The van der Waals surface area contributed by atoms with E-state index in [-0.39, 0.29) is 18.1 Å². The quantitative estimate of drug-likeness (QED) is 0.803. The highest BCUT2D eigenvalue weighted by molar-refractivity contribution is 5.81. The van der Waals surface area contributed by atoms with Crippen LogP contribution in [0.25, 0.3) is 0 Å². The van der Waals surface area contributed by atoms with E-state index >= 15 is 0 Å². The van der Waals surface area contributed by atoms with Gasteiger partial charge < -0.3 is 15.8 Å².